The topological polar surface area (TPSA) is 130 Å². The van der Waals surface area contributed by atoms with Crippen molar-refractivity contribution in [1.82, 2.24) is 0 Å². The summed E-state index contributed by atoms with van der Waals surface area (Å²) < 4.78 is 0. The third-order valence-corrected chi connectivity index (χ3v) is 2.53. The second-order valence-corrected chi connectivity index (χ2v) is 4.10. The molecule has 1 unspecified atom stereocenters. The predicted octanol–water partition coefficient (Wildman–Crippen LogP) is 0.779. The largest absolute Gasteiger partial charge is 0.481 e. The quantitative estimate of drug-likeness (QED) is 0.633. The zero-order valence-corrected chi connectivity index (χ0v) is 10.3. The highest BCUT2D eigenvalue weighted by Gasteiger charge is 2.18. The molecular formula is C11H11ClN2O5. The van der Waals surface area contributed by atoms with Gasteiger partial charge in [-0.1, -0.05) is 11.6 Å². The van der Waals surface area contributed by atoms with Gasteiger partial charge in [-0.3, -0.25) is 9.59 Å². The third-order valence-electron chi connectivity index (χ3n) is 2.20. The van der Waals surface area contributed by atoms with Gasteiger partial charge in [0.15, 0.2) is 0 Å². The van der Waals surface area contributed by atoms with Gasteiger partial charge in [0.25, 0.3) is 0 Å². The van der Waals surface area contributed by atoms with Gasteiger partial charge in [-0.05, 0) is 18.2 Å². The normalized spacial score (nSPS) is 11.7. The van der Waals surface area contributed by atoms with Crippen LogP contribution in [-0.4, -0.2) is 34.1 Å². The number of rotatable bonds is 5. The van der Waals surface area contributed by atoms with Crippen LogP contribution in [-0.2, 0) is 9.59 Å². The molecule has 5 N–H and O–H groups in total. The number of carbonyl (C=O) groups excluding carboxylic acids is 1. The van der Waals surface area contributed by atoms with Gasteiger partial charge in [0.2, 0.25) is 5.91 Å². The van der Waals surface area contributed by atoms with Crippen LogP contribution in [0, 0.1) is 0 Å². The predicted molar refractivity (Wildman–Crippen MR) is 67.3 cm³/mol. The van der Waals surface area contributed by atoms with Crippen molar-refractivity contribution in [2.75, 3.05) is 5.32 Å². The first-order valence-corrected chi connectivity index (χ1v) is 5.50. The number of amides is 1. The van der Waals surface area contributed by atoms with Crippen molar-refractivity contribution in [1.29, 1.82) is 0 Å². The number of carbonyl (C=O) groups is 3. The number of carboxylic acids is 2. The second kappa shape index (κ2) is 6.17. The maximum absolute atomic E-state index is 11.5. The van der Waals surface area contributed by atoms with Crippen LogP contribution in [0.2, 0.25) is 5.02 Å². The molecule has 0 heterocycles. The van der Waals surface area contributed by atoms with Crippen molar-refractivity contribution in [2.45, 2.75) is 12.5 Å². The van der Waals surface area contributed by atoms with E-state index in [1.54, 1.807) is 0 Å². The van der Waals surface area contributed by atoms with Crippen molar-refractivity contribution >= 4 is 35.1 Å². The Morgan fingerprint density at radius 3 is 2.47 bits per heavy atom. The summed E-state index contributed by atoms with van der Waals surface area (Å²) in [4.78, 5) is 32.8. The lowest BCUT2D eigenvalue weighted by Crippen LogP contribution is -2.37. The monoisotopic (exact) mass is 286 g/mol. The van der Waals surface area contributed by atoms with Crippen molar-refractivity contribution in [3.8, 4) is 0 Å². The summed E-state index contributed by atoms with van der Waals surface area (Å²) >= 11 is 5.66. The Hall–Kier alpha value is -2.12. The van der Waals surface area contributed by atoms with Gasteiger partial charge >= 0.3 is 11.9 Å². The van der Waals surface area contributed by atoms with Crippen molar-refractivity contribution in [3.63, 3.8) is 0 Å². The summed E-state index contributed by atoms with van der Waals surface area (Å²) in [6.45, 7) is 0. The molecule has 0 saturated carbocycles. The highest BCUT2D eigenvalue weighted by atomic mass is 35.5. The molecule has 0 spiro atoms. The Labute approximate surface area is 113 Å². The number of carboxylic acid groups (broad SMARTS) is 2. The summed E-state index contributed by atoms with van der Waals surface area (Å²) in [7, 11) is 0. The van der Waals surface area contributed by atoms with Gasteiger partial charge in [-0.25, -0.2) is 4.79 Å². The fraction of sp³-hybridized carbons (Fsp3) is 0.182. The number of aromatic carboxylic acids is 1. The van der Waals surface area contributed by atoms with E-state index in [1.807, 2.05) is 0 Å². The Morgan fingerprint density at radius 2 is 1.95 bits per heavy atom. The molecule has 0 aliphatic heterocycles. The first kappa shape index (κ1) is 14.9. The molecule has 0 aliphatic carbocycles. The highest BCUT2D eigenvalue weighted by Crippen LogP contribution is 2.20. The molecule has 1 aromatic carbocycles. The van der Waals surface area contributed by atoms with Crippen LogP contribution in [0.3, 0.4) is 0 Å². The number of benzene rings is 1. The lowest BCUT2D eigenvalue weighted by atomic mass is 10.1. The van der Waals surface area contributed by atoms with Crippen LogP contribution in [0.25, 0.3) is 0 Å². The smallest absolute Gasteiger partial charge is 0.337 e. The van der Waals surface area contributed by atoms with Gasteiger partial charge in [0, 0.05) is 5.69 Å². The molecule has 1 aromatic rings. The zero-order chi connectivity index (χ0) is 14.6. The number of hydrogen-bond donors (Lipinski definition) is 4. The standard InChI is InChI=1S/C11H11ClN2O5/c12-7-2-1-5(3-6(7)11(18)19)14-10(17)8(13)4-9(15)16/h1-3,8H,4,13H2,(H,14,17)(H,15,16)(H,18,19). The van der Waals surface area contributed by atoms with E-state index in [0.717, 1.165) is 6.07 Å². The molecule has 0 bridgehead atoms. The SMILES string of the molecule is NC(CC(=O)O)C(=O)Nc1ccc(Cl)c(C(=O)O)c1. The van der Waals surface area contributed by atoms with E-state index >= 15 is 0 Å². The van der Waals surface area contributed by atoms with E-state index in [2.05, 4.69) is 5.32 Å². The van der Waals surface area contributed by atoms with E-state index in [4.69, 9.17) is 27.5 Å². The van der Waals surface area contributed by atoms with E-state index in [1.165, 1.54) is 12.1 Å². The molecule has 19 heavy (non-hydrogen) atoms. The first-order valence-electron chi connectivity index (χ1n) is 5.12. The summed E-state index contributed by atoms with van der Waals surface area (Å²) in [5.41, 5.74) is 5.36. The Bertz CT molecular complexity index is 532. The zero-order valence-electron chi connectivity index (χ0n) is 9.59. The lowest BCUT2D eigenvalue weighted by molar-refractivity contribution is -0.138. The van der Waals surface area contributed by atoms with E-state index in [0.29, 0.717) is 0 Å². The number of nitrogens with one attached hydrogen (secondary N) is 1. The van der Waals surface area contributed by atoms with Gasteiger partial charge in [-0.2, -0.15) is 0 Å². The van der Waals surface area contributed by atoms with Gasteiger partial charge in [-0.15, -0.1) is 0 Å². The van der Waals surface area contributed by atoms with Crippen LogP contribution in [0.5, 0.6) is 0 Å². The van der Waals surface area contributed by atoms with Crippen molar-refractivity contribution in [2.24, 2.45) is 5.73 Å². The molecule has 7 nitrogen and oxygen atoms in total. The van der Waals surface area contributed by atoms with Crippen molar-refractivity contribution in [3.05, 3.63) is 28.8 Å². The van der Waals surface area contributed by atoms with E-state index < -0.39 is 30.3 Å². The molecule has 1 atom stereocenters. The first-order chi connectivity index (χ1) is 8.81. The molecule has 0 radical (unpaired) electrons. The van der Waals surface area contributed by atoms with Crippen molar-refractivity contribution < 1.29 is 24.6 Å². The maximum Gasteiger partial charge on any atom is 0.337 e. The average molecular weight is 287 g/mol. The molecule has 8 heteroatoms. The minimum Gasteiger partial charge on any atom is -0.481 e. The number of aliphatic carboxylic acids is 1. The molecule has 0 fully saturated rings. The number of hydrogen-bond acceptors (Lipinski definition) is 4. The molecule has 1 amide bonds. The van der Waals surface area contributed by atoms with E-state index in [-0.39, 0.29) is 16.3 Å². The molecule has 102 valence electrons. The summed E-state index contributed by atoms with van der Waals surface area (Å²) in [5, 5.41) is 19.7. The number of anilines is 1. The van der Waals surface area contributed by atoms with Crippen LogP contribution in [0.15, 0.2) is 18.2 Å². The molecular weight excluding hydrogens is 276 g/mol. The van der Waals surface area contributed by atoms with Crippen LogP contribution < -0.4 is 11.1 Å². The molecule has 1 rings (SSSR count). The second-order valence-electron chi connectivity index (χ2n) is 3.69. The van der Waals surface area contributed by atoms with Crippen LogP contribution >= 0.6 is 11.6 Å². The van der Waals surface area contributed by atoms with Gasteiger partial charge < -0.3 is 21.3 Å². The molecule has 0 aromatic heterocycles. The minimum atomic E-state index is -1.24. The number of nitrogens with two attached hydrogens (primary N) is 1. The highest BCUT2D eigenvalue weighted by molar-refractivity contribution is 6.33. The fourth-order valence-electron chi connectivity index (χ4n) is 1.28. The Kier molecular flexibility index (Phi) is 4.85. The van der Waals surface area contributed by atoms with Crippen LogP contribution in [0.1, 0.15) is 16.8 Å². The lowest BCUT2D eigenvalue weighted by Gasteiger charge is -2.11. The van der Waals surface area contributed by atoms with Crippen LogP contribution in [0.4, 0.5) is 5.69 Å². The summed E-state index contributed by atoms with van der Waals surface area (Å²) in [5.74, 6) is -3.16. The number of halogens is 1. The molecule has 0 aliphatic rings. The van der Waals surface area contributed by atoms with Gasteiger partial charge in [0.05, 0.1) is 23.0 Å². The fourth-order valence-corrected chi connectivity index (χ4v) is 1.48. The minimum absolute atomic E-state index is 0.0281. The Morgan fingerprint density at radius 1 is 1.32 bits per heavy atom. The maximum atomic E-state index is 11.5. The molecule has 0 saturated heterocycles. The summed E-state index contributed by atoms with van der Waals surface area (Å²) in [6, 6.07) is 2.64. The summed E-state index contributed by atoms with van der Waals surface area (Å²) in [6.07, 6.45) is -0.523. The van der Waals surface area contributed by atoms with Gasteiger partial charge in [0.1, 0.15) is 0 Å². The third kappa shape index (κ3) is 4.23. The van der Waals surface area contributed by atoms with E-state index in [9.17, 15) is 14.4 Å². The average Bonchev–Trinajstić information content (AvgIpc) is 2.30. The Balaban J connectivity index is 2.83.